The van der Waals surface area contributed by atoms with E-state index in [0.717, 1.165) is 11.5 Å². The number of anilines is 1. The summed E-state index contributed by atoms with van der Waals surface area (Å²) in [5.41, 5.74) is 0.722. The molecule has 1 heterocycles. The van der Waals surface area contributed by atoms with Gasteiger partial charge in [-0.25, -0.2) is 0 Å². The maximum absolute atomic E-state index is 8.55. The Hall–Kier alpha value is -1.03. The van der Waals surface area contributed by atoms with E-state index in [2.05, 4.69) is 15.5 Å². The van der Waals surface area contributed by atoms with Crippen molar-refractivity contribution >= 4 is 5.82 Å². The average Bonchev–Trinajstić information content (AvgIpc) is 2.34. The molecule has 0 fully saturated rings. The molecule has 1 aromatic rings. The van der Waals surface area contributed by atoms with Gasteiger partial charge in [-0.15, -0.1) is 0 Å². The van der Waals surface area contributed by atoms with E-state index in [0.29, 0.717) is 0 Å². The van der Waals surface area contributed by atoms with Crippen molar-refractivity contribution in [2.24, 2.45) is 0 Å². The minimum absolute atomic E-state index is 0.00861. The van der Waals surface area contributed by atoms with Gasteiger partial charge in [0.2, 0.25) is 0 Å². The highest BCUT2D eigenvalue weighted by molar-refractivity contribution is 5.33. The molecule has 50 valence electrons. The Balaban J connectivity index is 2.74. The van der Waals surface area contributed by atoms with E-state index in [1.54, 1.807) is 13.1 Å². The first-order valence-electron chi connectivity index (χ1n) is 2.69. The monoisotopic (exact) mass is 127 g/mol. The highest BCUT2D eigenvalue weighted by Crippen LogP contribution is 2.02. The van der Waals surface area contributed by atoms with E-state index in [-0.39, 0.29) is 6.61 Å². The molecule has 1 rings (SSSR count). The Morgan fingerprint density at radius 3 is 3.00 bits per heavy atom. The van der Waals surface area contributed by atoms with Crippen molar-refractivity contribution in [2.75, 3.05) is 12.4 Å². The van der Waals surface area contributed by atoms with Gasteiger partial charge < -0.3 is 10.4 Å². The standard InChI is InChI=1S/C5H9N3O/c1-6-5-2-4(3-9)7-8-5/h2,9H,3H2,1H3,(H2,6,7,8). The molecule has 0 aliphatic carbocycles. The fraction of sp³-hybridized carbons (Fsp3) is 0.400. The number of nitrogens with one attached hydrogen (secondary N) is 2. The largest absolute Gasteiger partial charge is 0.390 e. The number of H-pyrrole nitrogens is 1. The number of hydrogen-bond donors (Lipinski definition) is 3. The first-order chi connectivity index (χ1) is 4.36. The van der Waals surface area contributed by atoms with Gasteiger partial charge in [-0.1, -0.05) is 0 Å². The summed E-state index contributed by atoms with van der Waals surface area (Å²) < 4.78 is 0. The van der Waals surface area contributed by atoms with Crippen LogP contribution in [0.1, 0.15) is 5.69 Å². The number of nitrogens with zero attached hydrogens (tertiary/aromatic N) is 1. The molecule has 0 saturated heterocycles. The van der Waals surface area contributed by atoms with Gasteiger partial charge in [0.05, 0.1) is 12.3 Å². The molecule has 9 heavy (non-hydrogen) atoms. The third-order valence-corrected chi connectivity index (χ3v) is 1.06. The number of aliphatic hydroxyl groups is 1. The lowest BCUT2D eigenvalue weighted by Gasteiger charge is -1.85. The van der Waals surface area contributed by atoms with Crippen LogP contribution in [0.15, 0.2) is 6.07 Å². The van der Waals surface area contributed by atoms with Crippen LogP contribution < -0.4 is 5.32 Å². The molecule has 0 spiro atoms. The zero-order chi connectivity index (χ0) is 6.69. The lowest BCUT2D eigenvalue weighted by Crippen LogP contribution is -1.85. The summed E-state index contributed by atoms with van der Waals surface area (Å²) in [5.74, 6) is 0.749. The van der Waals surface area contributed by atoms with Crippen LogP contribution in [0.25, 0.3) is 0 Å². The number of aromatic nitrogens is 2. The molecule has 0 aromatic carbocycles. The zero-order valence-corrected chi connectivity index (χ0v) is 5.18. The molecule has 1 aromatic heterocycles. The Morgan fingerprint density at radius 1 is 1.89 bits per heavy atom. The van der Waals surface area contributed by atoms with Crippen molar-refractivity contribution < 1.29 is 5.11 Å². The quantitative estimate of drug-likeness (QED) is 0.521. The summed E-state index contributed by atoms with van der Waals surface area (Å²) in [6, 6.07) is 1.75. The van der Waals surface area contributed by atoms with E-state index in [1.807, 2.05) is 0 Å². The van der Waals surface area contributed by atoms with Crippen LogP contribution in [-0.4, -0.2) is 22.4 Å². The average molecular weight is 127 g/mol. The van der Waals surface area contributed by atoms with Crippen LogP contribution in [0.5, 0.6) is 0 Å². The van der Waals surface area contributed by atoms with Gasteiger partial charge in [-0.3, -0.25) is 5.10 Å². The van der Waals surface area contributed by atoms with Gasteiger partial charge in [-0.05, 0) is 0 Å². The second kappa shape index (κ2) is 2.50. The summed E-state index contributed by atoms with van der Waals surface area (Å²) in [7, 11) is 1.78. The molecule has 0 amide bonds. The molecule has 0 radical (unpaired) electrons. The van der Waals surface area contributed by atoms with Crippen LogP contribution >= 0.6 is 0 Å². The predicted molar refractivity (Wildman–Crippen MR) is 34.1 cm³/mol. The van der Waals surface area contributed by atoms with E-state index in [4.69, 9.17) is 5.11 Å². The van der Waals surface area contributed by atoms with Crippen LogP contribution in [0.4, 0.5) is 5.82 Å². The van der Waals surface area contributed by atoms with Crippen molar-refractivity contribution in [1.29, 1.82) is 0 Å². The molecule has 0 bridgehead atoms. The Labute approximate surface area is 52.9 Å². The molecule has 0 saturated carbocycles. The molecule has 0 unspecified atom stereocenters. The molecule has 4 nitrogen and oxygen atoms in total. The summed E-state index contributed by atoms with van der Waals surface area (Å²) in [6.45, 7) is 0.00861. The van der Waals surface area contributed by atoms with Gasteiger partial charge in [0.25, 0.3) is 0 Å². The molecular weight excluding hydrogens is 118 g/mol. The second-order valence-electron chi connectivity index (χ2n) is 1.69. The van der Waals surface area contributed by atoms with Gasteiger partial charge in [0.1, 0.15) is 5.82 Å². The predicted octanol–water partition coefficient (Wildman–Crippen LogP) is -0.0563. The van der Waals surface area contributed by atoms with Crippen molar-refractivity contribution in [3.63, 3.8) is 0 Å². The normalized spacial score (nSPS) is 9.56. The van der Waals surface area contributed by atoms with Crippen molar-refractivity contribution in [3.05, 3.63) is 11.8 Å². The van der Waals surface area contributed by atoms with Gasteiger partial charge in [0, 0.05) is 13.1 Å². The molecule has 0 aliphatic rings. The Morgan fingerprint density at radius 2 is 2.67 bits per heavy atom. The van der Waals surface area contributed by atoms with Gasteiger partial charge >= 0.3 is 0 Å². The third kappa shape index (κ3) is 1.20. The summed E-state index contributed by atoms with van der Waals surface area (Å²) >= 11 is 0. The van der Waals surface area contributed by atoms with E-state index in [9.17, 15) is 0 Å². The molecule has 0 atom stereocenters. The lowest BCUT2D eigenvalue weighted by atomic mass is 10.4. The van der Waals surface area contributed by atoms with Crippen LogP contribution in [0, 0.1) is 0 Å². The van der Waals surface area contributed by atoms with Crippen LogP contribution in [0.2, 0.25) is 0 Å². The van der Waals surface area contributed by atoms with Crippen molar-refractivity contribution in [3.8, 4) is 0 Å². The first kappa shape index (κ1) is 6.10. The van der Waals surface area contributed by atoms with Crippen LogP contribution in [0.3, 0.4) is 0 Å². The summed E-state index contributed by atoms with van der Waals surface area (Å²) in [5, 5.41) is 17.8. The van der Waals surface area contributed by atoms with Gasteiger partial charge in [-0.2, -0.15) is 5.10 Å². The molecular formula is C5H9N3O. The number of aliphatic hydroxyl groups excluding tert-OH is 1. The van der Waals surface area contributed by atoms with Crippen molar-refractivity contribution in [2.45, 2.75) is 6.61 Å². The summed E-state index contributed by atoms with van der Waals surface area (Å²) in [4.78, 5) is 0. The zero-order valence-electron chi connectivity index (χ0n) is 5.18. The maximum Gasteiger partial charge on any atom is 0.147 e. The number of rotatable bonds is 2. The topological polar surface area (TPSA) is 60.9 Å². The number of aromatic amines is 1. The molecule has 4 heteroatoms. The van der Waals surface area contributed by atoms with E-state index < -0.39 is 0 Å². The minimum atomic E-state index is 0.00861. The highest BCUT2D eigenvalue weighted by Gasteiger charge is 1.94. The fourth-order valence-electron chi connectivity index (χ4n) is 0.571. The van der Waals surface area contributed by atoms with Crippen LogP contribution in [-0.2, 0) is 6.61 Å². The maximum atomic E-state index is 8.55. The smallest absolute Gasteiger partial charge is 0.147 e. The molecule has 0 aliphatic heterocycles. The number of hydrogen-bond acceptors (Lipinski definition) is 3. The Kier molecular flexibility index (Phi) is 1.69. The fourth-order valence-corrected chi connectivity index (χ4v) is 0.571. The third-order valence-electron chi connectivity index (χ3n) is 1.06. The SMILES string of the molecule is CNc1cc(CO)[nH]n1. The minimum Gasteiger partial charge on any atom is -0.390 e. The molecule has 3 N–H and O–H groups in total. The second-order valence-corrected chi connectivity index (χ2v) is 1.69. The summed E-state index contributed by atoms with van der Waals surface area (Å²) in [6.07, 6.45) is 0. The van der Waals surface area contributed by atoms with Gasteiger partial charge in [0.15, 0.2) is 0 Å². The lowest BCUT2D eigenvalue weighted by molar-refractivity contribution is 0.276. The Bertz CT molecular complexity index is 166. The van der Waals surface area contributed by atoms with E-state index >= 15 is 0 Å². The van der Waals surface area contributed by atoms with E-state index in [1.165, 1.54) is 0 Å². The highest BCUT2D eigenvalue weighted by atomic mass is 16.3. The van der Waals surface area contributed by atoms with Crippen molar-refractivity contribution in [1.82, 2.24) is 10.2 Å². The first-order valence-corrected chi connectivity index (χ1v) is 2.69.